The van der Waals surface area contributed by atoms with Gasteiger partial charge in [-0.1, -0.05) is 24.3 Å². The van der Waals surface area contributed by atoms with E-state index in [1.807, 2.05) is 62.4 Å². The maximum atomic E-state index is 13.1. The lowest BCUT2D eigenvalue weighted by atomic mass is 10.00. The van der Waals surface area contributed by atoms with Crippen LogP contribution in [0.5, 0.6) is 0 Å². The Labute approximate surface area is 163 Å². The van der Waals surface area contributed by atoms with Crippen LogP contribution >= 0.6 is 0 Å². The maximum absolute atomic E-state index is 13.1. The van der Waals surface area contributed by atoms with Crippen LogP contribution in [0.1, 0.15) is 25.0 Å². The van der Waals surface area contributed by atoms with Crippen LogP contribution < -0.4 is 10.0 Å². The Hall–Kier alpha value is -3.54. The van der Waals surface area contributed by atoms with Gasteiger partial charge in [0, 0.05) is 0 Å². The third kappa shape index (κ3) is 2.83. The Balaban J connectivity index is 1.75. The van der Waals surface area contributed by atoms with Gasteiger partial charge in [-0.15, -0.1) is 0 Å². The van der Waals surface area contributed by atoms with Crippen molar-refractivity contribution < 1.29 is 9.59 Å². The Morgan fingerprint density at radius 3 is 1.39 bits per heavy atom. The second-order valence-corrected chi connectivity index (χ2v) is 7.03. The lowest BCUT2D eigenvalue weighted by molar-refractivity contribution is -0.116. The SMILES string of the molecule is CC1=NN(c2cccc(C)c2)C(=O)/C1=C1/C(=O)N(c2cccc(C)c2)N=C1C. The van der Waals surface area contributed by atoms with Crippen molar-refractivity contribution in [2.75, 3.05) is 10.0 Å². The number of nitrogens with zero attached hydrogens (tertiary/aromatic N) is 4. The van der Waals surface area contributed by atoms with Crippen LogP contribution in [0, 0.1) is 13.8 Å². The summed E-state index contributed by atoms with van der Waals surface area (Å²) in [5.41, 5.74) is 5.04. The number of aryl methyl sites for hydroxylation is 2. The highest BCUT2D eigenvalue weighted by Crippen LogP contribution is 2.31. The first-order valence-electron chi connectivity index (χ1n) is 9.04. The molecule has 0 unspecified atom stereocenters. The minimum Gasteiger partial charge on any atom is -0.267 e. The first kappa shape index (κ1) is 17.9. The van der Waals surface area contributed by atoms with Gasteiger partial charge < -0.3 is 0 Å². The van der Waals surface area contributed by atoms with Gasteiger partial charge in [0.25, 0.3) is 11.8 Å². The summed E-state index contributed by atoms with van der Waals surface area (Å²) in [6.07, 6.45) is 0. The van der Waals surface area contributed by atoms with E-state index in [0.29, 0.717) is 33.9 Å². The minimum atomic E-state index is -0.313. The molecule has 140 valence electrons. The zero-order valence-corrected chi connectivity index (χ0v) is 16.2. The van der Waals surface area contributed by atoms with E-state index in [1.54, 1.807) is 13.8 Å². The molecule has 0 saturated carbocycles. The lowest BCUT2D eigenvalue weighted by Gasteiger charge is -2.14. The minimum absolute atomic E-state index is 0.308. The third-order valence-electron chi connectivity index (χ3n) is 4.78. The summed E-state index contributed by atoms with van der Waals surface area (Å²) in [6.45, 7) is 7.39. The van der Waals surface area contributed by atoms with Crippen LogP contribution in [-0.4, -0.2) is 23.2 Å². The fraction of sp³-hybridized carbons (Fsp3) is 0.182. The molecular weight excluding hydrogens is 352 g/mol. The molecule has 0 aliphatic carbocycles. The van der Waals surface area contributed by atoms with Gasteiger partial charge in [0.1, 0.15) is 0 Å². The van der Waals surface area contributed by atoms with E-state index in [4.69, 9.17) is 0 Å². The van der Waals surface area contributed by atoms with E-state index in [1.165, 1.54) is 10.0 Å². The molecule has 0 aromatic heterocycles. The molecular formula is C22H20N4O2. The number of hydrogen-bond acceptors (Lipinski definition) is 4. The molecule has 2 aliphatic rings. The van der Waals surface area contributed by atoms with Crippen LogP contribution in [0.25, 0.3) is 0 Å². The molecule has 0 radical (unpaired) electrons. The number of benzene rings is 2. The molecule has 6 nitrogen and oxygen atoms in total. The Morgan fingerprint density at radius 2 is 1.04 bits per heavy atom. The number of carbonyl (C=O) groups is 2. The average molecular weight is 372 g/mol. The van der Waals surface area contributed by atoms with E-state index >= 15 is 0 Å². The lowest BCUT2D eigenvalue weighted by Crippen LogP contribution is -2.27. The second-order valence-electron chi connectivity index (χ2n) is 7.03. The first-order chi connectivity index (χ1) is 13.4. The van der Waals surface area contributed by atoms with Crippen molar-refractivity contribution in [2.24, 2.45) is 10.2 Å². The summed E-state index contributed by atoms with van der Waals surface area (Å²) in [5, 5.41) is 11.5. The summed E-state index contributed by atoms with van der Waals surface area (Å²) in [5.74, 6) is -0.626. The second kappa shape index (κ2) is 6.56. The summed E-state index contributed by atoms with van der Waals surface area (Å²) < 4.78 is 0. The van der Waals surface area contributed by atoms with E-state index in [0.717, 1.165) is 11.1 Å². The third-order valence-corrected chi connectivity index (χ3v) is 4.78. The Morgan fingerprint density at radius 1 is 0.643 bits per heavy atom. The normalized spacial score (nSPS) is 19.4. The molecule has 2 aromatic rings. The van der Waals surface area contributed by atoms with Crippen molar-refractivity contribution in [1.82, 2.24) is 0 Å². The molecule has 0 fully saturated rings. The fourth-order valence-electron chi connectivity index (χ4n) is 3.46. The van der Waals surface area contributed by atoms with Crippen molar-refractivity contribution in [1.29, 1.82) is 0 Å². The Bertz CT molecular complexity index is 1020. The monoisotopic (exact) mass is 372 g/mol. The van der Waals surface area contributed by atoms with Gasteiger partial charge in [-0.05, 0) is 63.1 Å². The van der Waals surface area contributed by atoms with Gasteiger partial charge in [0.2, 0.25) is 0 Å². The molecule has 2 aromatic carbocycles. The molecule has 0 N–H and O–H groups in total. The number of hydrazone groups is 2. The molecule has 6 heteroatoms. The molecule has 2 aliphatic heterocycles. The zero-order chi connectivity index (χ0) is 20.0. The smallest absolute Gasteiger partial charge is 0.267 e. The van der Waals surface area contributed by atoms with Crippen LogP contribution in [0.2, 0.25) is 0 Å². The topological polar surface area (TPSA) is 65.3 Å². The van der Waals surface area contributed by atoms with Crippen LogP contribution in [0.15, 0.2) is 69.9 Å². The van der Waals surface area contributed by atoms with Crippen molar-refractivity contribution in [3.63, 3.8) is 0 Å². The number of anilines is 2. The standard InChI is InChI=1S/C22H20N4O2/c1-13-7-5-9-17(11-13)25-21(27)19(15(3)23-25)20-16(4)24-26(22(20)28)18-10-6-8-14(2)12-18/h5-12H,1-4H3/b20-19+. The van der Waals surface area contributed by atoms with E-state index in [9.17, 15) is 9.59 Å². The highest BCUT2D eigenvalue weighted by molar-refractivity contribution is 6.41. The highest BCUT2D eigenvalue weighted by atomic mass is 16.2. The quantitative estimate of drug-likeness (QED) is 0.754. The molecule has 2 heterocycles. The predicted molar refractivity (Wildman–Crippen MR) is 111 cm³/mol. The highest BCUT2D eigenvalue weighted by Gasteiger charge is 2.39. The number of hydrogen-bond donors (Lipinski definition) is 0. The predicted octanol–water partition coefficient (Wildman–Crippen LogP) is 3.75. The molecule has 0 spiro atoms. The molecule has 0 bridgehead atoms. The molecule has 2 amide bonds. The first-order valence-corrected chi connectivity index (χ1v) is 9.04. The zero-order valence-electron chi connectivity index (χ0n) is 16.2. The van der Waals surface area contributed by atoms with E-state index < -0.39 is 0 Å². The van der Waals surface area contributed by atoms with Gasteiger partial charge in [0.15, 0.2) is 0 Å². The number of amides is 2. The van der Waals surface area contributed by atoms with Gasteiger partial charge >= 0.3 is 0 Å². The summed E-state index contributed by atoms with van der Waals surface area (Å²) in [4.78, 5) is 26.3. The summed E-state index contributed by atoms with van der Waals surface area (Å²) in [6, 6.07) is 15.1. The van der Waals surface area contributed by atoms with Gasteiger partial charge in [-0.25, -0.2) is 0 Å². The molecule has 28 heavy (non-hydrogen) atoms. The van der Waals surface area contributed by atoms with Crippen molar-refractivity contribution >= 4 is 34.6 Å². The van der Waals surface area contributed by atoms with Gasteiger partial charge in [-0.3, -0.25) is 9.59 Å². The van der Waals surface area contributed by atoms with Gasteiger partial charge in [-0.2, -0.15) is 20.2 Å². The van der Waals surface area contributed by atoms with Crippen LogP contribution in [0.4, 0.5) is 11.4 Å². The van der Waals surface area contributed by atoms with Gasteiger partial charge in [0.05, 0.1) is 33.9 Å². The summed E-state index contributed by atoms with van der Waals surface area (Å²) >= 11 is 0. The molecule has 0 saturated heterocycles. The van der Waals surface area contributed by atoms with Crippen LogP contribution in [-0.2, 0) is 9.59 Å². The average Bonchev–Trinajstić information content (AvgIpc) is 3.10. The van der Waals surface area contributed by atoms with Crippen LogP contribution in [0.3, 0.4) is 0 Å². The van der Waals surface area contributed by atoms with Crippen molar-refractivity contribution in [3.8, 4) is 0 Å². The van der Waals surface area contributed by atoms with Crippen molar-refractivity contribution in [3.05, 3.63) is 70.8 Å². The van der Waals surface area contributed by atoms with Crippen molar-refractivity contribution in [2.45, 2.75) is 27.7 Å². The fourth-order valence-corrected chi connectivity index (χ4v) is 3.46. The molecule has 4 rings (SSSR count). The maximum Gasteiger partial charge on any atom is 0.281 e. The van der Waals surface area contributed by atoms with E-state index in [2.05, 4.69) is 10.2 Å². The Kier molecular flexibility index (Phi) is 4.19. The molecule has 0 atom stereocenters. The largest absolute Gasteiger partial charge is 0.281 e. The number of rotatable bonds is 2. The van der Waals surface area contributed by atoms with E-state index in [-0.39, 0.29) is 11.8 Å². The summed E-state index contributed by atoms with van der Waals surface area (Å²) in [7, 11) is 0. The number of carbonyl (C=O) groups excluding carboxylic acids is 2.